The quantitative estimate of drug-likeness (QED) is 0.848. The first kappa shape index (κ1) is 15.7. The average molecular weight is 287 g/mol. The number of unbranched alkanes of at least 4 members (excludes halogenated alkanes) is 1. The van der Waals surface area contributed by atoms with Gasteiger partial charge in [-0.15, -0.1) is 0 Å². The molecule has 6 nitrogen and oxygen atoms in total. The van der Waals surface area contributed by atoms with Gasteiger partial charge < -0.3 is 9.47 Å². The molecule has 0 fully saturated rings. The fraction of sp³-hybridized carbons (Fsp3) is 0.583. The lowest BCUT2D eigenvalue weighted by atomic mass is 10.3. The predicted octanol–water partition coefficient (Wildman–Crippen LogP) is 1.03. The van der Waals surface area contributed by atoms with Crippen LogP contribution in [-0.4, -0.2) is 37.4 Å². The number of aryl methyl sites for hydroxylation is 1. The van der Waals surface area contributed by atoms with Gasteiger partial charge in [0.05, 0.1) is 0 Å². The van der Waals surface area contributed by atoms with Crippen molar-refractivity contribution in [1.82, 2.24) is 9.47 Å². The van der Waals surface area contributed by atoms with E-state index in [0.29, 0.717) is 18.8 Å². The molecule has 0 bridgehead atoms. The van der Waals surface area contributed by atoms with Crippen molar-refractivity contribution in [1.29, 1.82) is 0 Å². The number of rotatable bonds is 6. The number of carbonyl (C=O) groups is 1. The van der Waals surface area contributed by atoms with Gasteiger partial charge in [0.15, 0.2) is 0 Å². The molecule has 0 aliphatic carbocycles. The van der Waals surface area contributed by atoms with E-state index < -0.39 is 10.0 Å². The third-order valence-electron chi connectivity index (χ3n) is 2.95. The summed E-state index contributed by atoms with van der Waals surface area (Å²) in [5.74, 6) is -0.190. The van der Waals surface area contributed by atoms with Crippen LogP contribution in [0.3, 0.4) is 0 Å². The standard InChI is InChI=1S/C12H21N3O3S/c1-4-6-7-14(3)12(16)11-8-10(19(13,17)18)9-15(11)5-2/h8-9H,4-7H2,1-3H3,(H2,13,17,18). The summed E-state index contributed by atoms with van der Waals surface area (Å²) in [7, 11) is -2.07. The Bertz CT molecular complexity index is 549. The molecule has 19 heavy (non-hydrogen) atoms. The van der Waals surface area contributed by atoms with Crippen molar-refractivity contribution in [2.75, 3.05) is 13.6 Å². The molecule has 2 N–H and O–H groups in total. The van der Waals surface area contributed by atoms with Gasteiger partial charge in [-0.1, -0.05) is 13.3 Å². The summed E-state index contributed by atoms with van der Waals surface area (Å²) in [6, 6.07) is 1.34. The van der Waals surface area contributed by atoms with Gasteiger partial charge in [0.1, 0.15) is 10.6 Å². The summed E-state index contributed by atoms with van der Waals surface area (Å²) in [5, 5.41) is 5.08. The average Bonchev–Trinajstić information content (AvgIpc) is 2.78. The highest BCUT2D eigenvalue weighted by Gasteiger charge is 2.20. The zero-order valence-corrected chi connectivity index (χ0v) is 12.4. The van der Waals surface area contributed by atoms with Crippen molar-refractivity contribution >= 4 is 15.9 Å². The number of aromatic nitrogens is 1. The SMILES string of the molecule is CCCCN(C)C(=O)c1cc(S(N)(=O)=O)cn1CC. The van der Waals surface area contributed by atoms with Gasteiger partial charge in [-0.3, -0.25) is 4.79 Å². The second-order valence-corrected chi connectivity index (χ2v) is 6.03. The van der Waals surface area contributed by atoms with Crippen molar-refractivity contribution in [3.63, 3.8) is 0 Å². The molecule has 0 aliphatic heterocycles. The fourth-order valence-corrected chi connectivity index (χ4v) is 2.32. The highest BCUT2D eigenvalue weighted by Crippen LogP contribution is 2.15. The van der Waals surface area contributed by atoms with Crippen LogP contribution in [0.25, 0.3) is 0 Å². The highest BCUT2D eigenvalue weighted by atomic mass is 32.2. The fourth-order valence-electron chi connectivity index (χ4n) is 1.77. The van der Waals surface area contributed by atoms with Crippen molar-refractivity contribution in [2.45, 2.75) is 38.1 Å². The number of primary sulfonamides is 1. The number of nitrogens with zero attached hydrogens (tertiary/aromatic N) is 2. The number of amides is 1. The lowest BCUT2D eigenvalue weighted by Crippen LogP contribution is -2.29. The molecule has 108 valence electrons. The maximum absolute atomic E-state index is 12.2. The molecule has 1 rings (SSSR count). The van der Waals surface area contributed by atoms with Crippen LogP contribution in [0, 0.1) is 0 Å². The van der Waals surface area contributed by atoms with E-state index in [1.54, 1.807) is 16.5 Å². The molecule has 0 aliphatic rings. The summed E-state index contributed by atoms with van der Waals surface area (Å²) in [6.45, 7) is 5.05. The molecule has 0 saturated heterocycles. The second-order valence-electron chi connectivity index (χ2n) is 4.47. The molecule has 1 heterocycles. The summed E-state index contributed by atoms with van der Waals surface area (Å²) >= 11 is 0. The largest absolute Gasteiger partial charge is 0.342 e. The summed E-state index contributed by atoms with van der Waals surface area (Å²) in [5.41, 5.74) is 0.352. The first-order chi connectivity index (χ1) is 8.81. The Morgan fingerprint density at radius 2 is 2.05 bits per heavy atom. The van der Waals surface area contributed by atoms with Gasteiger partial charge >= 0.3 is 0 Å². The molecule has 7 heteroatoms. The van der Waals surface area contributed by atoms with Crippen molar-refractivity contribution in [3.8, 4) is 0 Å². The van der Waals surface area contributed by atoms with Gasteiger partial charge in [0, 0.05) is 26.3 Å². The molecular weight excluding hydrogens is 266 g/mol. The normalized spacial score (nSPS) is 11.6. The van der Waals surface area contributed by atoms with E-state index in [-0.39, 0.29) is 10.8 Å². The smallest absolute Gasteiger partial charge is 0.270 e. The Morgan fingerprint density at radius 3 is 2.53 bits per heavy atom. The van der Waals surface area contributed by atoms with E-state index in [2.05, 4.69) is 0 Å². The minimum Gasteiger partial charge on any atom is -0.342 e. The molecule has 0 spiro atoms. The first-order valence-corrected chi connectivity index (χ1v) is 7.84. The molecule has 0 unspecified atom stereocenters. The Balaban J connectivity index is 3.06. The summed E-state index contributed by atoms with van der Waals surface area (Å²) < 4.78 is 24.2. The lowest BCUT2D eigenvalue weighted by molar-refractivity contribution is 0.0782. The number of nitrogens with two attached hydrogens (primary N) is 1. The first-order valence-electron chi connectivity index (χ1n) is 6.29. The molecular formula is C12H21N3O3S. The van der Waals surface area contributed by atoms with Crippen molar-refractivity contribution < 1.29 is 13.2 Å². The Kier molecular flexibility index (Phi) is 5.13. The van der Waals surface area contributed by atoms with E-state index in [4.69, 9.17) is 5.14 Å². The van der Waals surface area contributed by atoms with Crippen LogP contribution in [0.15, 0.2) is 17.2 Å². The van der Waals surface area contributed by atoms with Crippen LogP contribution in [-0.2, 0) is 16.6 Å². The molecule has 0 saturated carbocycles. The second kappa shape index (κ2) is 6.21. The van der Waals surface area contributed by atoms with Crippen LogP contribution in [0.2, 0.25) is 0 Å². The molecule has 1 aromatic heterocycles. The van der Waals surface area contributed by atoms with Gasteiger partial charge in [0.2, 0.25) is 10.0 Å². The lowest BCUT2D eigenvalue weighted by Gasteiger charge is -2.17. The van der Waals surface area contributed by atoms with Crippen LogP contribution in [0.5, 0.6) is 0 Å². The Morgan fingerprint density at radius 1 is 1.42 bits per heavy atom. The van der Waals surface area contributed by atoms with E-state index in [1.165, 1.54) is 12.3 Å². The van der Waals surface area contributed by atoms with Crippen molar-refractivity contribution in [3.05, 3.63) is 18.0 Å². The number of hydrogen-bond donors (Lipinski definition) is 1. The summed E-state index contributed by atoms with van der Waals surface area (Å²) in [6.07, 6.45) is 3.31. The maximum atomic E-state index is 12.2. The molecule has 0 atom stereocenters. The van der Waals surface area contributed by atoms with E-state index in [9.17, 15) is 13.2 Å². The number of carbonyl (C=O) groups excluding carboxylic acids is 1. The highest BCUT2D eigenvalue weighted by molar-refractivity contribution is 7.89. The Hall–Kier alpha value is -1.34. The monoisotopic (exact) mass is 287 g/mol. The topological polar surface area (TPSA) is 85.4 Å². The van der Waals surface area contributed by atoms with Crippen molar-refractivity contribution in [2.24, 2.45) is 5.14 Å². The Labute approximate surface area is 114 Å². The van der Waals surface area contributed by atoms with Crippen LogP contribution in [0.1, 0.15) is 37.2 Å². The predicted molar refractivity (Wildman–Crippen MR) is 73.3 cm³/mol. The molecule has 1 aromatic rings. The van der Waals surface area contributed by atoms with Crippen LogP contribution in [0.4, 0.5) is 0 Å². The number of hydrogen-bond acceptors (Lipinski definition) is 3. The van der Waals surface area contributed by atoms with Crippen LogP contribution < -0.4 is 5.14 Å². The maximum Gasteiger partial charge on any atom is 0.270 e. The molecule has 0 radical (unpaired) electrons. The third-order valence-corrected chi connectivity index (χ3v) is 3.83. The van der Waals surface area contributed by atoms with E-state index >= 15 is 0 Å². The minimum atomic E-state index is -3.78. The minimum absolute atomic E-state index is 0.0263. The van der Waals surface area contributed by atoms with Crippen LogP contribution >= 0.6 is 0 Å². The zero-order chi connectivity index (χ0) is 14.6. The third kappa shape index (κ3) is 3.81. The molecule has 1 amide bonds. The van der Waals surface area contributed by atoms with Gasteiger partial charge in [-0.05, 0) is 19.4 Å². The molecule has 0 aromatic carbocycles. The van der Waals surface area contributed by atoms with Gasteiger partial charge in [-0.2, -0.15) is 0 Å². The number of sulfonamides is 1. The van der Waals surface area contributed by atoms with E-state index in [0.717, 1.165) is 12.8 Å². The van der Waals surface area contributed by atoms with Gasteiger partial charge in [0.25, 0.3) is 5.91 Å². The van der Waals surface area contributed by atoms with Gasteiger partial charge in [-0.25, -0.2) is 13.6 Å². The van der Waals surface area contributed by atoms with E-state index in [1.807, 2.05) is 13.8 Å². The summed E-state index contributed by atoms with van der Waals surface area (Å²) in [4.78, 5) is 13.8. The zero-order valence-electron chi connectivity index (χ0n) is 11.6.